The van der Waals surface area contributed by atoms with Gasteiger partial charge in [-0.1, -0.05) is 6.07 Å². The average molecular weight is 252 g/mol. The van der Waals surface area contributed by atoms with Crippen LogP contribution in [0.25, 0.3) is 0 Å². The fourth-order valence-electron chi connectivity index (χ4n) is 1.25. The van der Waals surface area contributed by atoms with Crippen LogP contribution in [0.5, 0.6) is 0 Å². The molecule has 0 saturated heterocycles. The number of hydrogen-bond donors (Lipinski definition) is 2. The molecule has 6 heteroatoms. The van der Waals surface area contributed by atoms with E-state index in [2.05, 4.69) is 10.3 Å². The van der Waals surface area contributed by atoms with Crippen LogP contribution in [-0.4, -0.2) is 56.2 Å². The van der Waals surface area contributed by atoms with Crippen molar-refractivity contribution in [1.82, 2.24) is 15.2 Å². The summed E-state index contributed by atoms with van der Waals surface area (Å²) in [5.41, 5.74) is 5.82. The quantitative estimate of drug-likeness (QED) is 0.666. The smallest absolute Gasteiger partial charge is 0.270 e. The summed E-state index contributed by atoms with van der Waals surface area (Å²) >= 11 is 0. The van der Waals surface area contributed by atoms with Crippen LogP contribution >= 0.6 is 0 Å². The van der Waals surface area contributed by atoms with Crippen molar-refractivity contribution in [1.29, 1.82) is 0 Å². The number of aromatic nitrogens is 1. The summed E-state index contributed by atoms with van der Waals surface area (Å²) in [6, 6.07) is 4.96. The van der Waals surface area contributed by atoms with Crippen LogP contribution in [0, 0.1) is 0 Å². The molecule has 0 atom stereocenters. The molecule has 0 aromatic carbocycles. The highest BCUT2D eigenvalue weighted by Crippen LogP contribution is 1.99. The molecular weight excluding hydrogens is 232 g/mol. The summed E-state index contributed by atoms with van der Waals surface area (Å²) in [6.45, 7) is 2.47. The van der Waals surface area contributed by atoms with Crippen LogP contribution in [0.3, 0.4) is 0 Å². The zero-order valence-corrected chi connectivity index (χ0v) is 10.8. The van der Waals surface area contributed by atoms with Crippen LogP contribution in [-0.2, 0) is 4.74 Å². The molecule has 0 aliphatic rings. The van der Waals surface area contributed by atoms with Gasteiger partial charge in [-0.25, -0.2) is 4.98 Å². The number of carbonyl (C=O) groups excluding carboxylic acids is 1. The van der Waals surface area contributed by atoms with E-state index >= 15 is 0 Å². The Kier molecular flexibility index (Phi) is 6.10. The van der Waals surface area contributed by atoms with E-state index in [1.54, 1.807) is 18.2 Å². The number of nitrogens with one attached hydrogen (secondary N) is 1. The first kappa shape index (κ1) is 14.4. The number of carbonyl (C=O) groups is 1. The minimum Gasteiger partial charge on any atom is -0.384 e. The van der Waals surface area contributed by atoms with Crippen LogP contribution < -0.4 is 11.1 Å². The SMILES string of the molecule is CN(C)CCOCCNC(=O)c1cccc(N)n1. The molecule has 0 saturated carbocycles. The van der Waals surface area contributed by atoms with Crippen LogP contribution in [0.2, 0.25) is 0 Å². The zero-order chi connectivity index (χ0) is 13.4. The van der Waals surface area contributed by atoms with Crippen molar-refractivity contribution in [3.8, 4) is 0 Å². The van der Waals surface area contributed by atoms with Crippen molar-refractivity contribution < 1.29 is 9.53 Å². The molecule has 1 rings (SSSR count). The summed E-state index contributed by atoms with van der Waals surface area (Å²) in [4.78, 5) is 17.6. The molecule has 0 unspecified atom stereocenters. The monoisotopic (exact) mass is 252 g/mol. The first-order valence-corrected chi connectivity index (χ1v) is 5.83. The average Bonchev–Trinajstić information content (AvgIpc) is 2.33. The molecule has 1 amide bonds. The normalized spacial score (nSPS) is 10.6. The third kappa shape index (κ3) is 5.60. The molecule has 0 spiro atoms. The molecule has 0 aliphatic heterocycles. The standard InChI is InChI=1S/C12H20N4O2/c1-16(2)7-9-18-8-6-14-12(17)10-4-3-5-11(13)15-10/h3-5H,6-9H2,1-2H3,(H2,13,15)(H,14,17). The molecule has 100 valence electrons. The summed E-state index contributed by atoms with van der Waals surface area (Å²) in [5.74, 6) is 0.100. The number of rotatable bonds is 7. The third-order valence-electron chi connectivity index (χ3n) is 2.22. The highest BCUT2D eigenvalue weighted by atomic mass is 16.5. The van der Waals surface area contributed by atoms with Crippen LogP contribution in [0.4, 0.5) is 5.82 Å². The predicted molar refractivity (Wildman–Crippen MR) is 70.4 cm³/mol. The molecule has 3 N–H and O–H groups in total. The topological polar surface area (TPSA) is 80.5 Å². The van der Waals surface area contributed by atoms with Crippen molar-refractivity contribution in [3.63, 3.8) is 0 Å². The van der Waals surface area contributed by atoms with Gasteiger partial charge in [0.2, 0.25) is 0 Å². The third-order valence-corrected chi connectivity index (χ3v) is 2.22. The van der Waals surface area contributed by atoms with Gasteiger partial charge in [0.25, 0.3) is 5.91 Å². The Morgan fingerprint density at radius 1 is 1.44 bits per heavy atom. The Labute approximate surface area is 107 Å². The maximum absolute atomic E-state index is 11.6. The summed E-state index contributed by atoms with van der Waals surface area (Å²) in [5, 5.41) is 2.72. The number of anilines is 1. The van der Waals surface area contributed by atoms with Gasteiger partial charge in [0, 0.05) is 13.1 Å². The maximum Gasteiger partial charge on any atom is 0.270 e. The van der Waals surface area contributed by atoms with Gasteiger partial charge in [-0.05, 0) is 26.2 Å². The lowest BCUT2D eigenvalue weighted by atomic mass is 10.3. The number of pyridine rings is 1. The van der Waals surface area contributed by atoms with E-state index in [9.17, 15) is 4.79 Å². The van der Waals surface area contributed by atoms with Crippen molar-refractivity contribution >= 4 is 11.7 Å². The Hall–Kier alpha value is -1.66. The number of ether oxygens (including phenoxy) is 1. The second kappa shape index (κ2) is 7.62. The second-order valence-electron chi connectivity index (χ2n) is 4.12. The number of nitrogens with two attached hydrogens (primary N) is 1. The van der Waals surface area contributed by atoms with Gasteiger partial charge in [0.1, 0.15) is 11.5 Å². The van der Waals surface area contributed by atoms with Gasteiger partial charge in [-0.15, -0.1) is 0 Å². The van der Waals surface area contributed by atoms with Gasteiger partial charge in [0.15, 0.2) is 0 Å². The minimum absolute atomic E-state index is 0.237. The van der Waals surface area contributed by atoms with Crippen molar-refractivity contribution in [3.05, 3.63) is 23.9 Å². The molecule has 1 aromatic rings. The lowest BCUT2D eigenvalue weighted by molar-refractivity contribution is 0.0896. The lowest BCUT2D eigenvalue weighted by Crippen LogP contribution is -2.29. The minimum atomic E-state index is -0.237. The summed E-state index contributed by atoms with van der Waals surface area (Å²) in [7, 11) is 3.97. The van der Waals surface area contributed by atoms with Gasteiger partial charge < -0.3 is 20.7 Å². The van der Waals surface area contributed by atoms with E-state index in [1.165, 1.54) is 0 Å². The van der Waals surface area contributed by atoms with Crippen LogP contribution in [0.1, 0.15) is 10.5 Å². The zero-order valence-electron chi connectivity index (χ0n) is 10.8. The first-order chi connectivity index (χ1) is 8.59. The Balaban J connectivity index is 2.18. The van der Waals surface area contributed by atoms with E-state index in [-0.39, 0.29) is 5.91 Å². The van der Waals surface area contributed by atoms with E-state index in [4.69, 9.17) is 10.5 Å². The second-order valence-corrected chi connectivity index (χ2v) is 4.12. The first-order valence-electron chi connectivity index (χ1n) is 5.83. The molecule has 0 aliphatic carbocycles. The number of nitrogen functional groups attached to an aromatic ring is 1. The Morgan fingerprint density at radius 3 is 2.89 bits per heavy atom. The number of likely N-dealkylation sites (N-methyl/N-ethyl adjacent to an activating group) is 1. The maximum atomic E-state index is 11.6. The van der Waals surface area contributed by atoms with Crippen molar-refractivity contribution in [2.75, 3.05) is 46.1 Å². The van der Waals surface area contributed by atoms with Gasteiger partial charge in [0.05, 0.1) is 13.2 Å². The molecule has 0 radical (unpaired) electrons. The van der Waals surface area contributed by atoms with Gasteiger partial charge in [-0.3, -0.25) is 4.79 Å². The summed E-state index contributed by atoms with van der Waals surface area (Å²) < 4.78 is 5.35. The van der Waals surface area contributed by atoms with Crippen LogP contribution in [0.15, 0.2) is 18.2 Å². The van der Waals surface area contributed by atoms with Gasteiger partial charge in [-0.2, -0.15) is 0 Å². The molecule has 0 bridgehead atoms. The molecular formula is C12H20N4O2. The van der Waals surface area contributed by atoms with E-state index in [0.717, 1.165) is 6.54 Å². The summed E-state index contributed by atoms with van der Waals surface area (Å²) in [6.07, 6.45) is 0. The lowest BCUT2D eigenvalue weighted by Gasteiger charge is -2.10. The van der Waals surface area contributed by atoms with Crippen molar-refractivity contribution in [2.45, 2.75) is 0 Å². The highest BCUT2D eigenvalue weighted by Gasteiger charge is 2.05. The molecule has 6 nitrogen and oxygen atoms in total. The largest absolute Gasteiger partial charge is 0.384 e. The number of nitrogens with zero attached hydrogens (tertiary/aromatic N) is 2. The molecule has 18 heavy (non-hydrogen) atoms. The highest BCUT2D eigenvalue weighted by molar-refractivity contribution is 5.92. The Bertz CT molecular complexity index is 382. The van der Waals surface area contributed by atoms with E-state index < -0.39 is 0 Å². The predicted octanol–water partition coefficient (Wildman–Crippen LogP) is -0.0282. The fraction of sp³-hybridized carbons (Fsp3) is 0.500. The molecule has 1 aromatic heterocycles. The fourth-order valence-corrected chi connectivity index (χ4v) is 1.25. The number of hydrogen-bond acceptors (Lipinski definition) is 5. The van der Waals surface area contributed by atoms with E-state index in [1.807, 2.05) is 19.0 Å². The van der Waals surface area contributed by atoms with Gasteiger partial charge >= 0.3 is 0 Å². The van der Waals surface area contributed by atoms with E-state index in [0.29, 0.717) is 31.3 Å². The Morgan fingerprint density at radius 2 is 2.22 bits per heavy atom. The molecule has 0 fully saturated rings. The molecule has 1 heterocycles. The number of amides is 1. The van der Waals surface area contributed by atoms with Crippen molar-refractivity contribution in [2.24, 2.45) is 0 Å².